The highest BCUT2D eigenvalue weighted by Gasteiger charge is 2.58. The molecule has 2 fully saturated rings. The molecule has 1 spiro atoms. The zero-order chi connectivity index (χ0) is 27.0. The van der Waals surface area contributed by atoms with Gasteiger partial charge in [-0.25, -0.2) is 4.79 Å². The summed E-state index contributed by atoms with van der Waals surface area (Å²) < 4.78 is 29.6. The highest BCUT2D eigenvalue weighted by molar-refractivity contribution is 6.31. The van der Waals surface area contributed by atoms with Gasteiger partial charge in [0.1, 0.15) is 5.60 Å². The Hall–Kier alpha value is -2.73. The SMILES string of the molecule is [2H]C([2H])([2H])N1C(=O)C2(CC2)c2ccc(N[C@]3(c4cccc(Cl)c4C)CCN(C(=O)OC(C)(C)C)C3)cc21. The van der Waals surface area contributed by atoms with Crippen molar-refractivity contribution in [1.29, 1.82) is 0 Å². The van der Waals surface area contributed by atoms with Crippen LogP contribution in [0.15, 0.2) is 36.4 Å². The molecular formula is C27H32ClN3O3. The van der Waals surface area contributed by atoms with Gasteiger partial charge in [-0.05, 0) is 81.8 Å². The van der Waals surface area contributed by atoms with E-state index >= 15 is 0 Å². The predicted molar refractivity (Wildman–Crippen MR) is 135 cm³/mol. The van der Waals surface area contributed by atoms with Crippen LogP contribution in [0, 0.1) is 6.92 Å². The summed E-state index contributed by atoms with van der Waals surface area (Å²) in [4.78, 5) is 28.7. The number of hydrogen-bond acceptors (Lipinski definition) is 4. The van der Waals surface area contributed by atoms with Crippen LogP contribution in [0.2, 0.25) is 5.02 Å². The lowest BCUT2D eigenvalue weighted by atomic mass is 9.85. The van der Waals surface area contributed by atoms with E-state index < -0.39 is 23.5 Å². The van der Waals surface area contributed by atoms with Crippen LogP contribution in [0.25, 0.3) is 0 Å². The van der Waals surface area contributed by atoms with Gasteiger partial charge in [0.05, 0.1) is 17.5 Å². The zero-order valence-corrected chi connectivity index (χ0v) is 20.8. The molecule has 0 aromatic heterocycles. The van der Waals surface area contributed by atoms with Crippen molar-refractivity contribution >= 4 is 35.0 Å². The Bertz CT molecular complexity index is 1290. The summed E-state index contributed by atoms with van der Waals surface area (Å²) in [5.41, 5.74) is 1.71. The lowest BCUT2D eigenvalue weighted by Crippen LogP contribution is -2.42. The largest absolute Gasteiger partial charge is 0.444 e. The molecular weight excluding hydrogens is 450 g/mol. The van der Waals surface area contributed by atoms with Gasteiger partial charge < -0.3 is 19.9 Å². The number of halogens is 1. The number of ether oxygens (including phenoxy) is 1. The number of nitrogens with zero attached hydrogens (tertiary/aromatic N) is 2. The van der Waals surface area contributed by atoms with Gasteiger partial charge in [-0.15, -0.1) is 0 Å². The number of fused-ring (bicyclic) bond motifs is 2. The van der Waals surface area contributed by atoms with Gasteiger partial charge >= 0.3 is 6.09 Å². The van der Waals surface area contributed by atoms with Crippen LogP contribution in [-0.2, 0) is 20.5 Å². The van der Waals surface area contributed by atoms with E-state index in [4.69, 9.17) is 20.5 Å². The van der Waals surface area contributed by atoms with Gasteiger partial charge in [0.25, 0.3) is 0 Å². The van der Waals surface area contributed by atoms with E-state index in [-0.39, 0.29) is 12.0 Å². The third-order valence-electron chi connectivity index (χ3n) is 7.20. The van der Waals surface area contributed by atoms with Crippen molar-refractivity contribution in [2.45, 2.75) is 63.5 Å². The molecule has 1 atom stereocenters. The summed E-state index contributed by atoms with van der Waals surface area (Å²) in [5.74, 6) is -0.350. The van der Waals surface area contributed by atoms with E-state index in [1.165, 1.54) is 0 Å². The number of anilines is 2. The quantitative estimate of drug-likeness (QED) is 0.615. The molecule has 3 aliphatic rings. The number of benzene rings is 2. The van der Waals surface area contributed by atoms with Crippen LogP contribution in [0.4, 0.5) is 16.2 Å². The molecule has 5 rings (SSSR count). The third-order valence-corrected chi connectivity index (χ3v) is 7.61. The number of nitrogens with one attached hydrogen (secondary N) is 1. The molecule has 0 bridgehead atoms. The van der Waals surface area contributed by atoms with E-state index in [0.717, 1.165) is 21.6 Å². The summed E-state index contributed by atoms with van der Waals surface area (Å²) in [5, 5.41) is 4.24. The van der Waals surface area contributed by atoms with E-state index in [1.807, 2.05) is 58.0 Å². The second-order valence-electron chi connectivity index (χ2n) is 10.7. The zero-order valence-electron chi connectivity index (χ0n) is 23.0. The minimum Gasteiger partial charge on any atom is -0.444 e. The summed E-state index contributed by atoms with van der Waals surface area (Å²) in [6.45, 7) is 5.70. The topological polar surface area (TPSA) is 61.9 Å². The van der Waals surface area contributed by atoms with Crippen molar-refractivity contribution in [3.05, 3.63) is 58.1 Å². The van der Waals surface area contributed by atoms with Crippen molar-refractivity contribution in [2.24, 2.45) is 0 Å². The monoisotopic (exact) mass is 484 g/mol. The lowest BCUT2D eigenvalue weighted by molar-refractivity contribution is -0.119. The molecule has 2 aromatic carbocycles. The first-order chi connectivity index (χ1) is 17.2. The average Bonchev–Trinajstić information content (AvgIpc) is 3.40. The summed E-state index contributed by atoms with van der Waals surface area (Å²) >= 11 is 6.50. The number of hydrogen-bond donors (Lipinski definition) is 1. The van der Waals surface area contributed by atoms with Crippen molar-refractivity contribution < 1.29 is 18.4 Å². The Balaban J connectivity index is 1.54. The minimum atomic E-state index is -2.57. The van der Waals surface area contributed by atoms with Crippen LogP contribution < -0.4 is 10.2 Å². The normalized spacial score (nSPS) is 24.5. The number of amides is 2. The Kier molecular flexibility index (Phi) is 4.39. The minimum absolute atomic E-state index is 0.339. The first-order valence-corrected chi connectivity index (χ1v) is 12.1. The number of rotatable bonds is 3. The molecule has 34 heavy (non-hydrogen) atoms. The van der Waals surface area contributed by atoms with Crippen LogP contribution >= 0.6 is 11.6 Å². The van der Waals surface area contributed by atoms with E-state index in [9.17, 15) is 9.59 Å². The van der Waals surface area contributed by atoms with Crippen LogP contribution in [0.1, 0.15) is 60.8 Å². The predicted octanol–water partition coefficient (Wildman–Crippen LogP) is 5.60. The van der Waals surface area contributed by atoms with Crippen molar-refractivity contribution in [3.63, 3.8) is 0 Å². The molecule has 0 radical (unpaired) electrons. The molecule has 2 heterocycles. The molecule has 2 aromatic rings. The molecule has 1 aliphatic carbocycles. The van der Waals surface area contributed by atoms with E-state index in [1.54, 1.807) is 11.0 Å². The molecule has 6 nitrogen and oxygen atoms in total. The van der Waals surface area contributed by atoms with Crippen molar-refractivity contribution in [1.82, 2.24) is 4.90 Å². The number of carbonyl (C=O) groups is 2. The van der Waals surface area contributed by atoms with Gasteiger partial charge in [-0.2, -0.15) is 0 Å². The fourth-order valence-corrected chi connectivity index (χ4v) is 5.50. The Labute approximate surface area is 210 Å². The highest BCUT2D eigenvalue weighted by atomic mass is 35.5. The first-order valence-electron chi connectivity index (χ1n) is 13.2. The first kappa shape index (κ1) is 19.6. The maximum atomic E-state index is 13.1. The van der Waals surface area contributed by atoms with Crippen molar-refractivity contribution in [3.8, 4) is 0 Å². The second kappa shape index (κ2) is 7.64. The molecule has 2 amide bonds. The Morgan fingerprint density at radius 1 is 1.18 bits per heavy atom. The number of carbonyl (C=O) groups excluding carboxylic acids is 2. The van der Waals surface area contributed by atoms with Gasteiger partial charge in [0.2, 0.25) is 5.91 Å². The standard InChI is InChI=1S/C27H32ClN3O3/c1-17-19(7-6-8-21(17)28)27(13-14-31(16-27)24(33)34-25(2,3)4)29-18-9-10-20-22(15-18)30(5)23(32)26(20)11-12-26/h6-10,15,29H,11-14,16H2,1-5H3/t27-/m1/s1/i5D3. The van der Waals surface area contributed by atoms with Crippen LogP contribution in [-0.4, -0.2) is 42.6 Å². The van der Waals surface area contributed by atoms with Gasteiger partial charge in [0.15, 0.2) is 0 Å². The lowest BCUT2D eigenvalue weighted by Gasteiger charge is -2.34. The Morgan fingerprint density at radius 3 is 2.62 bits per heavy atom. The molecule has 1 N–H and O–H groups in total. The van der Waals surface area contributed by atoms with Gasteiger partial charge in [-0.1, -0.05) is 29.8 Å². The maximum Gasteiger partial charge on any atom is 0.410 e. The second-order valence-corrected chi connectivity index (χ2v) is 11.1. The molecule has 0 unspecified atom stereocenters. The van der Waals surface area contributed by atoms with Crippen LogP contribution in [0.5, 0.6) is 0 Å². The smallest absolute Gasteiger partial charge is 0.410 e. The summed E-state index contributed by atoms with van der Waals surface area (Å²) in [6.07, 6.45) is 1.53. The number of likely N-dealkylation sites (tertiary alicyclic amines) is 1. The highest BCUT2D eigenvalue weighted by Crippen LogP contribution is 2.57. The fourth-order valence-electron chi connectivity index (χ4n) is 5.33. The van der Waals surface area contributed by atoms with Crippen LogP contribution in [0.3, 0.4) is 0 Å². The van der Waals surface area contributed by atoms with Gasteiger partial charge in [0, 0.05) is 34.0 Å². The molecule has 2 aliphatic heterocycles. The molecule has 1 saturated carbocycles. The number of likely N-dealkylation sites (N-methyl/N-ethyl adjacent to an activating group) is 1. The van der Waals surface area contributed by atoms with Crippen molar-refractivity contribution in [2.75, 3.05) is 30.3 Å². The molecule has 1 saturated heterocycles. The summed E-state index contributed by atoms with van der Waals surface area (Å²) in [6, 6.07) is 11.2. The molecule has 180 valence electrons. The fraction of sp³-hybridized carbons (Fsp3) is 0.481. The van der Waals surface area contributed by atoms with E-state index in [2.05, 4.69) is 5.32 Å². The third kappa shape index (κ3) is 3.63. The Morgan fingerprint density at radius 2 is 1.94 bits per heavy atom. The summed E-state index contributed by atoms with van der Waals surface area (Å²) in [7, 11) is 0. The van der Waals surface area contributed by atoms with E-state index in [0.29, 0.717) is 48.7 Å². The average molecular weight is 485 g/mol. The molecule has 7 heteroatoms. The van der Waals surface area contributed by atoms with Gasteiger partial charge in [-0.3, -0.25) is 4.79 Å². The maximum absolute atomic E-state index is 13.1.